The van der Waals surface area contributed by atoms with Crippen LogP contribution in [-0.4, -0.2) is 42.6 Å². The van der Waals surface area contributed by atoms with Gasteiger partial charge in [0.05, 0.1) is 5.56 Å². The fourth-order valence-corrected chi connectivity index (χ4v) is 2.29. The highest BCUT2D eigenvalue weighted by molar-refractivity contribution is 5.37. The van der Waals surface area contributed by atoms with Crippen molar-refractivity contribution in [2.75, 3.05) is 26.2 Å². The zero-order valence-electron chi connectivity index (χ0n) is 10.0. The number of benzene rings is 1. The third-order valence-corrected chi connectivity index (χ3v) is 3.15. The molecule has 2 N–H and O–H groups in total. The molecule has 1 aromatic rings. The summed E-state index contributed by atoms with van der Waals surface area (Å²) in [6.45, 7) is 1.64. The van der Waals surface area contributed by atoms with Crippen molar-refractivity contribution in [2.24, 2.45) is 0 Å². The Kier molecular flexibility index (Phi) is 4.26. The molecule has 1 heterocycles. The summed E-state index contributed by atoms with van der Waals surface area (Å²) in [6.07, 6.45) is -2.87. The molecule has 7 heteroatoms. The van der Waals surface area contributed by atoms with Crippen molar-refractivity contribution in [3.8, 4) is 5.75 Å². The predicted molar refractivity (Wildman–Crippen MR) is 61.2 cm³/mol. The van der Waals surface area contributed by atoms with Gasteiger partial charge in [0.1, 0.15) is 23.4 Å². The Labute approximate surface area is 107 Å². The van der Waals surface area contributed by atoms with Crippen LogP contribution in [0, 0.1) is 11.6 Å². The first-order valence-electron chi connectivity index (χ1n) is 5.91. The van der Waals surface area contributed by atoms with Crippen molar-refractivity contribution in [3.63, 3.8) is 0 Å². The molecule has 2 rings (SSSR count). The van der Waals surface area contributed by atoms with Crippen LogP contribution in [0.5, 0.6) is 5.75 Å². The van der Waals surface area contributed by atoms with Crippen LogP contribution in [0.15, 0.2) is 12.1 Å². The number of hydrogen-bond donors (Lipinski definition) is 2. The Morgan fingerprint density at radius 2 is 1.79 bits per heavy atom. The maximum atomic E-state index is 13.7. The van der Waals surface area contributed by atoms with Crippen molar-refractivity contribution in [3.05, 3.63) is 29.3 Å². The molecule has 0 saturated carbocycles. The molecule has 0 bridgehead atoms. The van der Waals surface area contributed by atoms with E-state index in [4.69, 9.17) is 0 Å². The van der Waals surface area contributed by atoms with Crippen LogP contribution < -0.4 is 5.32 Å². The number of nitrogens with one attached hydrogen (secondary N) is 1. The van der Waals surface area contributed by atoms with Gasteiger partial charge in [-0.05, 0) is 0 Å². The van der Waals surface area contributed by atoms with Crippen molar-refractivity contribution >= 4 is 0 Å². The lowest BCUT2D eigenvalue weighted by Crippen LogP contribution is -2.47. The van der Waals surface area contributed by atoms with E-state index in [1.807, 2.05) is 0 Å². The van der Waals surface area contributed by atoms with Gasteiger partial charge in [0.2, 0.25) is 0 Å². The highest BCUT2D eigenvalue weighted by Gasteiger charge is 2.34. The second-order valence-electron chi connectivity index (χ2n) is 4.39. The highest BCUT2D eigenvalue weighted by Crippen LogP contribution is 2.36. The molecular formula is C12H14F4N2O. The first kappa shape index (κ1) is 14.1. The zero-order chi connectivity index (χ0) is 14.0. The Hall–Kier alpha value is -1.34. The van der Waals surface area contributed by atoms with Gasteiger partial charge in [-0.25, -0.2) is 17.6 Å². The van der Waals surface area contributed by atoms with Crippen LogP contribution >= 0.6 is 0 Å². The lowest BCUT2D eigenvalue weighted by Gasteiger charge is -2.34. The van der Waals surface area contributed by atoms with Crippen molar-refractivity contribution in [1.82, 2.24) is 10.2 Å². The average Bonchev–Trinajstić information content (AvgIpc) is 2.34. The Morgan fingerprint density at radius 1 is 1.16 bits per heavy atom. The number of hydrogen-bond acceptors (Lipinski definition) is 3. The molecule has 0 spiro atoms. The maximum absolute atomic E-state index is 13.7. The van der Waals surface area contributed by atoms with Gasteiger partial charge in [0.15, 0.2) is 0 Å². The summed E-state index contributed by atoms with van der Waals surface area (Å²) in [5, 5.41) is 12.6. The normalized spacial score (nSPS) is 18.8. The van der Waals surface area contributed by atoms with Crippen molar-refractivity contribution in [2.45, 2.75) is 12.5 Å². The van der Waals surface area contributed by atoms with E-state index in [1.165, 1.54) is 4.90 Å². The third kappa shape index (κ3) is 2.98. The van der Waals surface area contributed by atoms with Gasteiger partial charge >= 0.3 is 0 Å². The molecule has 1 atom stereocenters. The van der Waals surface area contributed by atoms with Crippen LogP contribution in [-0.2, 0) is 0 Å². The van der Waals surface area contributed by atoms with Crippen molar-refractivity contribution < 1.29 is 22.7 Å². The highest BCUT2D eigenvalue weighted by atomic mass is 19.3. The zero-order valence-corrected chi connectivity index (χ0v) is 10.0. The van der Waals surface area contributed by atoms with Crippen LogP contribution in [0.2, 0.25) is 0 Å². The molecule has 0 radical (unpaired) electrons. The first-order chi connectivity index (χ1) is 9.00. The summed E-state index contributed by atoms with van der Waals surface area (Å²) in [5.74, 6) is -2.92. The Morgan fingerprint density at radius 3 is 2.32 bits per heavy atom. The third-order valence-electron chi connectivity index (χ3n) is 3.15. The van der Waals surface area contributed by atoms with E-state index in [0.29, 0.717) is 38.3 Å². The van der Waals surface area contributed by atoms with E-state index in [2.05, 4.69) is 5.32 Å². The minimum absolute atomic E-state index is 0.311. The number of piperazine rings is 1. The minimum atomic E-state index is -2.87. The summed E-state index contributed by atoms with van der Waals surface area (Å²) in [6, 6.07) is -0.412. The van der Waals surface area contributed by atoms with E-state index in [1.54, 1.807) is 0 Å². The number of phenolic OH excluding ortho intramolecular Hbond substituents is 1. The Balaban J connectivity index is 2.38. The molecular weight excluding hydrogens is 264 g/mol. The van der Waals surface area contributed by atoms with Gasteiger partial charge in [-0.3, -0.25) is 4.90 Å². The topological polar surface area (TPSA) is 35.5 Å². The van der Waals surface area contributed by atoms with E-state index in [0.717, 1.165) is 0 Å². The Bertz CT molecular complexity index is 426. The molecule has 0 aliphatic carbocycles. The standard InChI is InChI=1S/C12H14F4N2O/c13-7-5-8(14)10(9(19)6-7)11(12(15)16)18-3-1-17-2-4-18/h5-6,11-12,17,19H,1-4H2/t11-/m1/s1. The quantitative estimate of drug-likeness (QED) is 0.829. The number of alkyl halides is 2. The predicted octanol–water partition coefficient (Wildman–Crippen LogP) is 1.88. The molecule has 1 aliphatic heterocycles. The number of nitrogens with zero attached hydrogens (tertiary/aromatic N) is 1. The lowest BCUT2D eigenvalue weighted by molar-refractivity contribution is 0.0151. The number of phenols is 1. The molecule has 1 aliphatic rings. The van der Waals surface area contributed by atoms with Crippen LogP contribution in [0.1, 0.15) is 11.6 Å². The maximum Gasteiger partial charge on any atom is 0.258 e. The smallest absolute Gasteiger partial charge is 0.258 e. The minimum Gasteiger partial charge on any atom is -0.507 e. The number of rotatable bonds is 3. The average molecular weight is 278 g/mol. The molecule has 1 saturated heterocycles. The van der Waals surface area contributed by atoms with Gasteiger partial charge < -0.3 is 10.4 Å². The second kappa shape index (κ2) is 5.75. The molecule has 3 nitrogen and oxygen atoms in total. The van der Waals surface area contributed by atoms with Gasteiger partial charge in [-0.15, -0.1) is 0 Å². The lowest BCUT2D eigenvalue weighted by atomic mass is 10.0. The van der Waals surface area contributed by atoms with Crippen LogP contribution in [0.3, 0.4) is 0 Å². The van der Waals surface area contributed by atoms with E-state index in [-0.39, 0.29) is 0 Å². The van der Waals surface area contributed by atoms with Crippen molar-refractivity contribution in [1.29, 1.82) is 0 Å². The molecule has 0 aromatic heterocycles. The summed E-state index contributed by atoms with van der Waals surface area (Å²) in [4.78, 5) is 1.39. The van der Waals surface area contributed by atoms with E-state index < -0.39 is 35.4 Å². The second-order valence-corrected chi connectivity index (χ2v) is 4.39. The SMILES string of the molecule is Oc1cc(F)cc(F)c1[C@H](C(F)F)N1CCNCC1. The molecule has 106 valence electrons. The summed E-state index contributed by atoms with van der Waals surface area (Å²) >= 11 is 0. The monoisotopic (exact) mass is 278 g/mol. The fraction of sp³-hybridized carbons (Fsp3) is 0.500. The first-order valence-corrected chi connectivity index (χ1v) is 5.91. The molecule has 0 amide bonds. The fourth-order valence-electron chi connectivity index (χ4n) is 2.29. The van der Waals surface area contributed by atoms with Gasteiger partial charge in [0, 0.05) is 38.3 Å². The molecule has 1 aromatic carbocycles. The van der Waals surface area contributed by atoms with E-state index >= 15 is 0 Å². The largest absolute Gasteiger partial charge is 0.507 e. The van der Waals surface area contributed by atoms with Crippen LogP contribution in [0.25, 0.3) is 0 Å². The molecule has 1 fully saturated rings. The van der Waals surface area contributed by atoms with Gasteiger partial charge in [0.25, 0.3) is 6.43 Å². The van der Waals surface area contributed by atoms with E-state index in [9.17, 15) is 22.7 Å². The number of aromatic hydroxyl groups is 1. The van der Waals surface area contributed by atoms with Crippen LogP contribution in [0.4, 0.5) is 17.6 Å². The van der Waals surface area contributed by atoms with Gasteiger partial charge in [-0.1, -0.05) is 0 Å². The summed E-state index contributed by atoms with van der Waals surface area (Å²) < 4.78 is 53.0. The number of halogens is 4. The van der Waals surface area contributed by atoms with Gasteiger partial charge in [-0.2, -0.15) is 0 Å². The molecule has 19 heavy (non-hydrogen) atoms. The molecule has 0 unspecified atom stereocenters. The summed E-state index contributed by atoms with van der Waals surface area (Å²) in [7, 11) is 0. The summed E-state index contributed by atoms with van der Waals surface area (Å²) in [5.41, 5.74) is -0.543.